The van der Waals surface area contributed by atoms with Crippen molar-refractivity contribution in [2.45, 2.75) is 44.6 Å². The van der Waals surface area contributed by atoms with Gasteiger partial charge in [0.05, 0.1) is 37.8 Å². The van der Waals surface area contributed by atoms with Crippen molar-refractivity contribution >= 4 is 5.97 Å². The number of carboxylic acid groups (broad SMARTS) is 1. The van der Waals surface area contributed by atoms with Crippen LogP contribution in [0.3, 0.4) is 0 Å². The van der Waals surface area contributed by atoms with Gasteiger partial charge in [-0.15, -0.1) is 11.7 Å². The molecular formula is C20H25F3N4O4. The van der Waals surface area contributed by atoms with Crippen LogP contribution in [-0.4, -0.2) is 56.9 Å². The summed E-state index contributed by atoms with van der Waals surface area (Å²) >= 11 is 0. The normalized spacial score (nSPS) is 18.7. The van der Waals surface area contributed by atoms with E-state index in [1.165, 1.54) is 18.5 Å². The summed E-state index contributed by atoms with van der Waals surface area (Å²) in [5.41, 5.74) is 2.35. The molecule has 31 heavy (non-hydrogen) atoms. The summed E-state index contributed by atoms with van der Waals surface area (Å²) in [6.07, 6.45) is 2.05. The van der Waals surface area contributed by atoms with E-state index in [1.807, 2.05) is 12.1 Å². The molecule has 1 atom stereocenters. The second-order valence-corrected chi connectivity index (χ2v) is 7.49. The van der Waals surface area contributed by atoms with Gasteiger partial charge in [-0.3, -0.25) is 4.90 Å². The molecule has 2 aliphatic rings. The predicted molar refractivity (Wildman–Crippen MR) is 103 cm³/mol. The van der Waals surface area contributed by atoms with Crippen LogP contribution in [0.25, 0.3) is 0 Å². The maximum Gasteiger partial charge on any atom is 0.490 e. The SMILES string of the molecule is C=CCOCC1c2nnn(CC3CC3)c2CCN1Cc1ccco1.O=C(O)C(F)(F)F. The Morgan fingerprint density at radius 2 is 2.16 bits per heavy atom. The number of nitrogens with zero attached hydrogens (tertiary/aromatic N) is 4. The van der Waals surface area contributed by atoms with Crippen LogP contribution in [0.5, 0.6) is 0 Å². The highest BCUT2D eigenvalue weighted by Crippen LogP contribution is 2.34. The smallest absolute Gasteiger partial charge is 0.475 e. The maximum absolute atomic E-state index is 10.6. The largest absolute Gasteiger partial charge is 0.490 e. The minimum absolute atomic E-state index is 0.117. The number of aliphatic carboxylic acids is 1. The lowest BCUT2D eigenvalue weighted by Crippen LogP contribution is -2.38. The first kappa shape index (κ1) is 23.0. The standard InChI is InChI=1S/C18H24N4O2.C2HF3O2/c1-2-9-23-13-17-18-16(22(20-19-18)11-14-5-6-14)7-8-21(17)12-15-4-3-10-24-15;3-2(4,5)1(6)7/h2-4,10,14,17H,1,5-9,11-13H2;(H,6,7). The van der Waals surface area contributed by atoms with E-state index in [1.54, 1.807) is 12.3 Å². The van der Waals surface area contributed by atoms with Gasteiger partial charge in [0, 0.05) is 19.5 Å². The van der Waals surface area contributed by atoms with E-state index in [2.05, 4.69) is 26.5 Å². The third-order valence-corrected chi connectivity index (χ3v) is 5.08. The third-order valence-electron chi connectivity index (χ3n) is 5.08. The summed E-state index contributed by atoms with van der Waals surface area (Å²) in [4.78, 5) is 11.3. The Kier molecular flexibility index (Phi) is 7.50. The molecule has 1 fully saturated rings. The van der Waals surface area contributed by atoms with Gasteiger partial charge in [-0.2, -0.15) is 13.2 Å². The van der Waals surface area contributed by atoms with Crippen molar-refractivity contribution < 1.29 is 32.2 Å². The highest BCUT2D eigenvalue weighted by molar-refractivity contribution is 5.73. The number of furan rings is 1. The Balaban J connectivity index is 0.000000339. The summed E-state index contributed by atoms with van der Waals surface area (Å²) in [5.74, 6) is -0.988. The van der Waals surface area contributed by atoms with Gasteiger partial charge in [-0.1, -0.05) is 11.3 Å². The van der Waals surface area contributed by atoms with E-state index < -0.39 is 12.1 Å². The topological polar surface area (TPSA) is 93.6 Å². The summed E-state index contributed by atoms with van der Waals surface area (Å²) in [6, 6.07) is 4.06. The van der Waals surface area contributed by atoms with Crippen molar-refractivity contribution in [3.8, 4) is 0 Å². The molecule has 8 nitrogen and oxygen atoms in total. The van der Waals surface area contributed by atoms with Crippen LogP contribution in [0.1, 0.15) is 36.0 Å². The highest BCUT2D eigenvalue weighted by atomic mass is 19.4. The molecule has 1 aliphatic heterocycles. The summed E-state index contributed by atoms with van der Waals surface area (Å²) in [7, 11) is 0. The molecule has 2 aromatic rings. The number of alkyl halides is 3. The first-order valence-corrected chi connectivity index (χ1v) is 9.97. The monoisotopic (exact) mass is 442 g/mol. The number of hydrogen-bond acceptors (Lipinski definition) is 6. The Morgan fingerprint density at radius 3 is 2.74 bits per heavy atom. The minimum atomic E-state index is -5.08. The molecule has 2 aromatic heterocycles. The van der Waals surface area contributed by atoms with Gasteiger partial charge in [0.25, 0.3) is 0 Å². The van der Waals surface area contributed by atoms with Crippen molar-refractivity contribution in [1.82, 2.24) is 19.9 Å². The van der Waals surface area contributed by atoms with Gasteiger partial charge in [0.1, 0.15) is 11.5 Å². The van der Waals surface area contributed by atoms with Crippen LogP contribution in [0.4, 0.5) is 13.2 Å². The Labute approximate surface area is 177 Å². The predicted octanol–water partition coefficient (Wildman–Crippen LogP) is 3.22. The first-order valence-electron chi connectivity index (χ1n) is 9.97. The van der Waals surface area contributed by atoms with Crippen LogP contribution in [0.2, 0.25) is 0 Å². The van der Waals surface area contributed by atoms with Gasteiger partial charge >= 0.3 is 12.1 Å². The third kappa shape index (κ3) is 6.41. The number of hydrogen-bond donors (Lipinski definition) is 1. The number of aromatic nitrogens is 3. The fraction of sp³-hybridized carbons (Fsp3) is 0.550. The average molecular weight is 442 g/mol. The lowest BCUT2D eigenvalue weighted by atomic mass is 10.0. The molecule has 0 amide bonds. The minimum Gasteiger partial charge on any atom is -0.475 e. The first-order chi connectivity index (χ1) is 14.8. The zero-order valence-corrected chi connectivity index (χ0v) is 16.9. The second kappa shape index (κ2) is 10.1. The molecule has 11 heteroatoms. The lowest BCUT2D eigenvalue weighted by Gasteiger charge is -2.34. The van der Waals surface area contributed by atoms with E-state index in [0.717, 1.165) is 43.4 Å². The fourth-order valence-corrected chi connectivity index (χ4v) is 3.37. The van der Waals surface area contributed by atoms with Crippen LogP contribution in [-0.2, 0) is 29.0 Å². The molecule has 1 aliphatic carbocycles. The molecule has 0 spiro atoms. The fourth-order valence-electron chi connectivity index (χ4n) is 3.37. The second-order valence-electron chi connectivity index (χ2n) is 7.49. The van der Waals surface area contributed by atoms with E-state index in [4.69, 9.17) is 19.1 Å². The summed E-state index contributed by atoms with van der Waals surface area (Å²) in [5, 5.41) is 16.1. The van der Waals surface area contributed by atoms with E-state index >= 15 is 0 Å². The lowest BCUT2D eigenvalue weighted by molar-refractivity contribution is -0.192. The number of carboxylic acids is 1. The summed E-state index contributed by atoms with van der Waals surface area (Å²) in [6.45, 7) is 7.63. The molecule has 1 saturated carbocycles. The van der Waals surface area contributed by atoms with Crippen LogP contribution in [0, 0.1) is 5.92 Å². The number of rotatable bonds is 8. The molecule has 0 bridgehead atoms. The van der Waals surface area contributed by atoms with E-state index in [9.17, 15) is 13.2 Å². The van der Waals surface area contributed by atoms with Crippen molar-refractivity contribution in [3.63, 3.8) is 0 Å². The van der Waals surface area contributed by atoms with Crippen molar-refractivity contribution in [1.29, 1.82) is 0 Å². The molecule has 0 saturated heterocycles. The average Bonchev–Trinajstić information content (AvgIpc) is 3.20. The van der Waals surface area contributed by atoms with Gasteiger partial charge < -0.3 is 14.3 Å². The zero-order valence-electron chi connectivity index (χ0n) is 16.9. The van der Waals surface area contributed by atoms with Crippen molar-refractivity contribution in [2.24, 2.45) is 5.92 Å². The highest BCUT2D eigenvalue weighted by Gasteiger charge is 2.38. The van der Waals surface area contributed by atoms with Crippen LogP contribution < -0.4 is 0 Å². The summed E-state index contributed by atoms with van der Waals surface area (Å²) < 4.78 is 45.1. The number of fused-ring (bicyclic) bond motifs is 1. The quantitative estimate of drug-likeness (QED) is 0.496. The molecule has 0 radical (unpaired) electrons. The van der Waals surface area contributed by atoms with E-state index in [0.29, 0.717) is 13.2 Å². The molecular weight excluding hydrogens is 417 g/mol. The van der Waals surface area contributed by atoms with Crippen LogP contribution >= 0.6 is 0 Å². The van der Waals surface area contributed by atoms with Gasteiger partial charge in [0.2, 0.25) is 0 Å². The van der Waals surface area contributed by atoms with Crippen molar-refractivity contribution in [3.05, 3.63) is 48.2 Å². The number of carbonyl (C=O) groups is 1. The molecule has 1 N–H and O–H groups in total. The van der Waals surface area contributed by atoms with Gasteiger partial charge in [-0.25, -0.2) is 9.48 Å². The Bertz CT molecular complexity index is 862. The Hall–Kier alpha value is -2.66. The molecule has 0 aromatic carbocycles. The molecule has 1 unspecified atom stereocenters. The Morgan fingerprint density at radius 1 is 1.42 bits per heavy atom. The maximum atomic E-state index is 10.6. The molecule has 4 rings (SSSR count). The van der Waals surface area contributed by atoms with Crippen molar-refractivity contribution in [2.75, 3.05) is 19.8 Å². The molecule has 3 heterocycles. The van der Waals surface area contributed by atoms with Crippen LogP contribution in [0.15, 0.2) is 35.5 Å². The number of ether oxygens (including phenoxy) is 1. The van der Waals surface area contributed by atoms with Gasteiger partial charge in [0.15, 0.2) is 0 Å². The van der Waals surface area contributed by atoms with Gasteiger partial charge in [-0.05, 0) is 30.9 Å². The zero-order chi connectivity index (χ0) is 22.4. The number of halogens is 3. The van der Waals surface area contributed by atoms with E-state index in [-0.39, 0.29) is 6.04 Å². The molecule has 170 valence electrons.